The number of rotatable bonds is 2. The van der Waals surface area contributed by atoms with Gasteiger partial charge < -0.3 is 0 Å². The van der Waals surface area contributed by atoms with Crippen LogP contribution in [-0.2, 0) is 6.42 Å². The highest BCUT2D eigenvalue weighted by Gasteiger charge is 2.02. The van der Waals surface area contributed by atoms with Gasteiger partial charge in [0.2, 0.25) is 0 Å². The van der Waals surface area contributed by atoms with Crippen LogP contribution in [0, 0.1) is 11.3 Å². The number of nitrogens with zero attached hydrogens (tertiary/aromatic N) is 4. The molecule has 0 saturated heterocycles. The molecule has 2 aromatic rings. The standard InChI is InChI=1S/C11H8N4/c12-6-4-9-5-8-14-11(15-9)10-3-1-2-7-13-10/h1-3,5,7-8H,4H2. The van der Waals surface area contributed by atoms with Crippen LogP contribution >= 0.6 is 0 Å². The van der Waals surface area contributed by atoms with E-state index < -0.39 is 0 Å². The molecule has 0 amide bonds. The molecule has 2 heterocycles. The predicted octanol–water partition coefficient (Wildman–Crippen LogP) is 1.60. The van der Waals surface area contributed by atoms with E-state index in [1.807, 2.05) is 18.2 Å². The first-order valence-corrected chi connectivity index (χ1v) is 4.50. The van der Waals surface area contributed by atoms with Gasteiger partial charge in [0.05, 0.1) is 18.2 Å². The van der Waals surface area contributed by atoms with Gasteiger partial charge in [-0.2, -0.15) is 5.26 Å². The Bertz CT molecular complexity index is 487. The van der Waals surface area contributed by atoms with Gasteiger partial charge in [0.25, 0.3) is 0 Å². The van der Waals surface area contributed by atoms with Gasteiger partial charge in [-0.1, -0.05) is 6.07 Å². The zero-order valence-corrected chi connectivity index (χ0v) is 7.96. The Morgan fingerprint density at radius 2 is 2.07 bits per heavy atom. The first-order chi connectivity index (χ1) is 7.40. The predicted molar refractivity (Wildman–Crippen MR) is 54.6 cm³/mol. The smallest absolute Gasteiger partial charge is 0.178 e. The van der Waals surface area contributed by atoms with E-state index in [1.165, 1.54) is 0 Å². The molecule has 0 bridgehead atoms. The van der Waals surface area contributed by atoms with E-state index >= 15 is 0 Å². The number of pyridine rings is 1. The van der Waals surface area contributed by atoms with Crippen LogP contribution in [0.25, 0.3) is 11.5 Å². The van der Waals surface area contributed by atoms with Crippen molar-refractivity contribution in [2.45, 2.75) is 6.42 Å². The van der Waals surface area contributed by atoms with E-state index in [0.29, 0.717) is 17.9 Å². The summed E-state index contributed by atoms with van der Waals surface area (Å²) in [6, 6.07) is 9.34. The molecule has 2 aromatic heterocycles. The molecule has 4 heteroatoms. The third kappa shape index (κ3) is 2.15. The van der Waals surface area contributed by atoms with Crippen molar-refractivity contribution in [3.63, 3.8) is 0 Å². The Balaban J connectivity index is 2.38. The Hall–Kier alpha value is -2.28. The zero-order valence-electron chi connectivity index (χ0n) is 7.96. The van der Waals surface area contributed by atoms with Gasteiger partial charge in [0.15, 0.2) is 5.82 Å². The maximum atomic E-state index is 8.56. The molecule has 72 valence electrons. The number of aromatic nitrogens is 3. The van der Waals surface area contributed by atoms with Crippen molar-refractivity contribution in [1.82, 2.24) is 15.0 Å². The largest absolute Gasteiger partial charge is 0.253 e. The molecule has 2 rings (SSSR count). The lowest BCUT2D eigenvalue weighted by atomic mass is 10.3. The lowest BCUT2D eigenvalue weighted by Gasteiger charge is -1.99. The quantitative estimate of drug-likeness (QED) is 0.731. The van der Waals surface area contributed by atoms with Crippen molar-refractivity contribution >= 4 is 0 Å². The fourth-order valence-electron chi connectivity index (χ4n) is 1.19. The Kier molecular flexibility index (Phi) is 2.65. The monoisotopic (exact) mass is 196 g/mol. The molecule has 0 N–H and O–H groups in total. The molecule has 15 heavy (non-hydrogen) atoms. The van der Waals surface area contributed by atoms with Crippen LogP contribution in [-0.4, -0.2) is 15.0 Å². The fraction of sp³-hybridized carbons (Fsp3) is 0.0909. The van der Waals surface area contributed by atoms with Crippen molar-refractivity contribution in [3.8, 4) is 17.6 Å². The van der Waals surface area contributed by atoms with Gasteiger partial charge in [-0.25, -0.2) is 9.97 Å². The second-order valence-electron chi connectivity index (χ2n) is 2.92. The number of hydrogen-bond donors (Lipinski definition) is 0. The van der Waals surface area contributed by atoms with Crippen LogP contribution in [0.4, 0.5) is 0 Å². The van der Waals surface area contributed by atoms with Gasteiger partial charge >= 0.3 is 0 Å². The Morgan fingerprint density at radius 3 is 2.80 bits per heavy atom. The van der Waals surface area contributed by atoms with E-state index in [-0.39, 0.29) is 0 Å². The highest BCUT2D eigenvalue weighted by Crippen LogP contribution is 2.10. The summed E-state index contributed by atoms with van der Waals surface area (Å²) in [6.07, 6.45) is 3.63. The van der Waals surface area contributed by atoms with Gasteiger partial charge in [-0.05, 0) is 18.2 Å². The fourth-order valence-corrected chi connectivity index (χ4v) is 1.19. The SMILES string of the molecule is N#CCc1ccnc(-c2ccccn2)n1. The minimum absolute atomic E-state index is 0.294. The van der Waals surface area contributed by atoms with E-state index in [0.717, 1.165) is 5.69 Å². The van der Waals surface area contributed by atoms with Gasteiger partial charge in [-0.15, -0.1) is 0 Å². The summed E-state index contributed by atoms with van der Waals surface area (Å²) in [4.78, 5) is 12.5. The van der Waals surface area contributed by atoms with Gasteiger partial charge in [-0.3, -0.25) is 4.98 Å². The third-order valence-corrected chi connectivity index (χ3v) is 1.87. The van der Waals surface area contributed by atoms with Crippen molar-refractivity contribution in [2.75, 3.05) is 0 Å². The third-order valence-electron chi connectivity index (χ3n) is 1.87. The average Bonchev–Trinajstić information content (AvgIpc) is 2.31. The van der Waals surface area contributed by atoms with Crippen LogP contribution in [0.3, 0.4) is 0 Å². The summed E-state index contributed by atoms with van der Waals surface area (Å²) >= 11 is 0. The molecule has 0 aliphatic rings. The van der Waals surface area contributed by atoms with E-state index in [2.05, 4.69) is 21.0 Å². The van der Waals surface area contributed by atoms with Crippen molar-refractivity contribution < 1.29 is 0 Å². The Labute approximate surface area is 87.3 Å². The first-order valence-electron chi connectivity index (χ1n) is 4.50. The van der Waals surface area contributed by atoms with Gasteiger partial charge in [0, 0.05) is 12.4 Å². The summed E-state index contributed by atoms with van der Waals surface area (Å²) < 4.78 is 0. The lowest BCUT2D eigenvalue weighted by Crippen LogP contribution is -1.95. The zero-order chi connectivity index (χ0) is 10.5. The van der Waals surface area contributed by atoms with E-state index in [1.54, 1.807) is 18.5 Å². The summed E-state index contributed by atoms with van der Waals surface area (Å²) in [5.74, 6) is 0.559. The second kappa shape index (κ2) is 4.29. The molecule has 0 atom stereocenters. The number of hydrogen-bond acceptors (Lipinski definition) is 4. The molecule has 0 aliphatic heterocycles. The van der Waals surface area contributed by atoms with Crippen LogP contribution in [0.1, 0.15) is 5.69 Å². The van der Waals surface area contributed by atoms with Gasteiger partial charge in [0.1, 0.15) is 5.69 Å². The minimum Gasteiger partial charge on any atom is -0.253 e. The van der Waals surface area contributed by atoms with Crippen molar-refractivity contribution in [1.29, 1.82) is 5.26 Å². The van der Waals surface area contributed by atoms with Crippen molar-refractivity contribution in [2.24, 2.45) is 0 Å². The van der Waals surface area contributed by atoms with Crippen LogP contribution in [0.15, 0.2) is 36.7 Å². The van der Waals surface area contributed by atoms with Crippen LogP contribution in [0.2, 0.25) is 0 Å². The first kappa shape index (κ1) is 9.28. The molecule has 0 radical (unpaired) electrons. The van der Waals surface area contributed by atoms with Crippen LogP contribution < -0.4 is 0 Å². The minimum atomic E-state index is 0.294. The molecule has 4 nitrogen and oxygen atoms in total. The van der Waals surface area contributed by atoms with Crippen molar-refractivity contribution in [3.05, 3.63) is 42.4 Å². The normalized spacial score (nSPS) is 9.53. The molecule has 0 saturated carbocycles. The van der Waals surface area contributed by atoms with Crippen LogP contribution in [0.5, 0.6) is 0 Å². The molecule has 0 unspecified atom stereocenters. The molecular weight excluding hydrogens is 188 g/mol. The molecule has 0 fully saturated rings. The average molecular weight is 196 g/mol. The maximum absolute atomic E-state index is 8.56. The summed E-state index contributed by atoms with van der Waals surface area (Å²) in [6.45, 7) is 0. The molecule has 0 aromatic carbocycles. The summed E-state index contributed by atoms with van der Waals surface area (Å²) in [5, 5.41) is 8.56. The summed E-state index contributed by atoms with van der Waals surface area (Å²) in [5.41, 5.74) is 1.44. The maximum Gasteiger partial charge on any atom is 0.178 e. The number of nitriles is 1. The molecular formula is C11H8N4. The summed E-state index contributed by atoms with van der Waals surface area (Å²) in [7, 11) is 0. The van der Waals surface area contributed by atoms with E-state index in [9.17, 15) is 0 Å². The highest BCUT2D eigenvalue weighted by atomic mass is 14.9. The lowest BCUT2D eigenvalue weighted by molar-refractivity contribution is 1.05. The molecule has 0 spiro atoms. The van der Waals surface area contributed by atoms with E-state index in [4.69, 9.17) is 5.26 Å². The second-order valence-corrected chi connectivity index (χ2v) is 2.92. The molecule has 0 aliphatic carbocycles. The highest BCUT2D eigenvalue weighted by molar-refractivity contribution is 5.48. The Morgan fingerprint density at radius 1 is 1.13 bits per heavy atom. The topological polar surface area (TPSA) is 62.5 Å².